The van der Waals surface area contributed by atoms with E-state index in [-0.39, 0.29) is 0 Å². The van der Waals surface area contributed by atoms with E-state index < -0.39 is 0 Å². The van der Waals surface area contributed by atoms with Crippen LogP contribution in [-0.2, 0) is 6.42 Å². The first-order valence-corrected chi connectivity index (χ1v) is 7.70. The summed E-state index contributed by atoms with van der Waals surface area (Å²) in [5.74, 6) is 0. The van der Waals surface area contributed by atoms with Crippen molar-refractivity contribution < 1.29 is 0 Å². The van der Waals surface area contributed by atoms with E-state index in [2.05, 4.69) is 37.4 Å². The van der Waals surface area contributed by atoms with Crippen LogP contribution < -0.4 is 5.32 Å². The maximum atomic E-state index is 5.90. The van der Waals surface area contributed by atoms with Gasteiger partial charge in [-0.15, -0.1) is 22.7 Å². The number of thiophene rings is 2. The van der Waals surface area contributed by atoms with E-state index in [0.29, 0.717) is 6.04 Å². The molecule has 92 valence electrons. The van der Waals surface area contributed by atoms with Crippen molar-refractivity contribution in [3.8, 4) is 0 Å². The molecule has 0 fully saturated rings. The number of nitrogens with one attached hydrogen (secondary N) is 1. The third-order valence-electron chi connectivity index (χ3n) is 2.64. The predicted molar refractivity (Wildman–Crippen MR) is 78.5 cm³/mol. The van der Waals surface area contributed by atoms with Gasteiger partial charge < -0.3 is 5.32 Å². The molecule has 1 nitrogen and oxygen atoms in total. The van der Waals surface area contributed by atoms with Crippen LogP contribution in [0.15, 0.2) is 24.3 Å². The van der Waals surface area contributed by atoms with Gasteiger partial charge in [0, 0.05) is 27.2 Å². The molecule has 1 atom stereocenters. The summed E-state index contributed by atoms with van der Waals surface area (Å²) in [6.45, 7) is 5.36. The monoisotopic (exact) mass is 285 g/mol. The Labute approximate surface area is 115 Å². The SMILES string of the molecule is Cc1ccc(C(C)NCCc2ccc(Cl)s2)s1. The van der Waals surface area contributed by atoms with E-state index in [9.17, 15) is 0 Å². The molecule has 2 aromatic heterocycles. The Balaban J connectivity index is 1.78. The summed E-state index contributed by atoms with van der Waals surface area (Å²) in [5.41, 5.74) is 0. The highest BCUT2D eigenvalue weighted by molar-refractivity contribution is 7.16. The Bertz CT molecular complexity index is 475. The Morgan fingerprint density at radius 2 is 2.06 bits per heavy atom. The van der Waals surface area contributed by atoms with Crippen LogP contribution in [0, 0.1) is 6.92 Å². The fourth-order valence-corrected chi connectivity index (χ4v) is 3.68. The molecule has 0 saturated heterocycles. The lowest BCUT2D eigenvalue weighted by Crippen LogP contribution is -2.20. The summed E-state index contributed by atoms with van der Waals surface area (Å²) < 4.78 is 0.877. The topological polar surface area (TPSA) is 12.0 Å². The second kappa shape index (κ2) is 6.01. The molecule has 17 heavy (non-hydrogen) atoms. The maximum absolute atomic E-state index is 5.90. The second-order valence-corrected chi connectivity index (χ2v) is 7.20. The molecule has 0 aromatic carbocycles. The van der Waals surface area contributed by atoms with Crippen molar-refractivity contribution >= 4 is 34.3 Å². The molecule has 0 bridgehead atoms. The van der Waals surface area contributed by atoms with Gasteiger partial charge in [0.2, 0.25) is 0 Å². The fourth-order valence-electron chi connectivity index (χ4n) is 1.68. The Morgan fingerprint density at radius 3 is 2.65 bits per heavy atom. The summed E-state index contributed by atoms with van der Waals surface area (Å²) in [7, 11) is 0. The average Bonchev–Trinajstić information content (AvgIpc) is 2.88. The molecule has 4 heteroatoms. The van der Waals surface area contributed by atoms with E-state index >= 15 is 0 Å². The van der Waals surface area contributed by atoms with Gasteiger partial charge in [-0.2, -0.15) is 0 Å². The molecule has 0 aliphatic heterocycles. The molecule has 0 amide bonds. The van der Waals surface area contributed by atoms with Crippen LogP contribution >= 0.6 is 34.3 Å². The van der Waals surface area contributed by atoms with Crippen molar-refractivity contribution in [1.82, 2.24) is 5.32 Å². The van der Waals surface area contributed by atoms with Crippen molar-refractivity contribution in [2.24, 2.45) is 0 Å². The van der Waals surface area contributed by atoms with Crippen LogP contribution in [0.4, 0.5) is 0 Å². The molecule has 1 unspecified atom stereocenters. The lowest BCUT2D eigenvalue weighted by molar-refractivity contribution is 0.586. The molecule has 1 N–H and O–H groups in total. The zero-order valence-corrected chi connectivity index (χ0v) is 12.4. The van der Waals surface area contributed by atoms with E-state index in [1.54, 1.807) is 11.3 Å². The number of rotatable bonds is 5. The largest absolute Gasteiger partial charge is 0.309 e. The number of hydrogen-bond donors (Lipinski definition) is 1. The lowest BCUT2D eigenvalue weighted by Gasteiger charge is -2.11. The lowest BCUT2D eigenvalue weighted by atomic mass is 10.2. The molecule has 2 heterocycles. The van der Waals surface area contributed by atoms with Gasteiger partial charge in [0.15, 0.2) is 0 Å². The zero-order valence-electron chi connectivity index (χ0n) is 10.00. The van der Waals surface area contributed by atoms with Crippen molar-refractivity contribution in [2.45, 2.75) is 26.3 Å². The molecule has 0 saturated carbocycles. The van der Waals surface area contributed by atoms with Gasteiger partial charge in [0.25, 0.3) is 0 Å². The van der Waals surface area contributed by atoms with Crippen LogP contribution in [-0.4, -0.2) is 6.54 Å². The number of hydrogen-bond acceptors (Lipinski definition) is 3. The molecule has 0 aliphatic rings. The smallest absolute Gasteiger partial charge is 0.0931 e. The predicted octanol–water partition coefficient (Wildman–Crippen LogP) is 4.66. The van der Waals surface area contributed by atoms with E-state index in [1.807, 2.05) is 17.4 Å². The van der Waals surface area contributed by atoms with Gasteiger partial charge in [-0.05, 0) is 44.5 Å². The van der Waals surface area contributed by atoms with Crippen LogP contribution in [0.3, 0.4) is 0 Å². The summed E-state index contributed by atoms with van der Waals surface area (Å²) in [6.07, 6.45) is 1.05. The molecular formula is C13H16ClNS2. The van der Waals surface area contributed by atoms with Crippen molar-refractivity contribution in [1.29, 1.82) is 0 Å². The zero-order chi connectivity index (χ0) is 12.3. The van der Waals surface area contributed by atoms with Crippen molar-refractivity contribution in [3.63, 3.8) is 0 Å². The fraction of sp³-hybridized carbons (Fsp3) is 0.385. The normalized spacial score (nSPS) is 12.9. The van der Waals surface area contributed by atoms with Gasteiger partial charge >= 0.3 is 0 Å². The first-order chi connectivity index (χ1) is 8.15. The van der Waals surface area contributed by atoms with Crippen LogP contribution in [0.1, 0.15) is 27.6 Å². The number of halogens is 1. The summed E-state index contributed by atoms with van der Waals surface area (Å²) in [6, 6.07) is 8.89. The molecule has 2 rings (SSSR count). The second-order valence-electron chi connectivity index (χ2n) is 4.08. The summed E-state index contributed by atoms with van der Waals surface area (Å²) >= 11 is 9.43. The van der Waals surface area contributed by atoms with E-state index in [0.717, 1.165) is 17.3 Å². The van der Waals surface area contributed by atoms with Gasteiger partial charge in [0.1, 0.15) is 0 Å². The van der Waals surface area contributed by atoms with E-state index in [4.69, 9.17) is 11.6 Å². The molecule has 0 spiro atoms. The molecule has 2 aromatic rings. The Morgan fingerprint density at radius 1 is 1.24 bits per heavy atom. The quantitative estimate of drug-likeness (QED) is 0.842. The first-order valence-electron chi connectivity index (χ1n) is 5.69. The summed E-state index contributed by atoms with van der Waals surface area (Å²) in [5, 5.41) is 3.54. The van der Waals surface area contributed by atoms with Gasteiger partial charge in [0.05, 0.1) is 4.34 Å². The molecular weight excluding hydrogens is 270 g/mol. The van der Waals surface area contributed by atoms with Crippen LogP contribution in [0.5, 0.6) is 0 Å². The van der Waals surface area contributed by atoms with Crippen LogP contribution in [0.2, 0.25) is 4.34 Å². The van der Waals surface area contributed by atoms with Gasteiger partial charge in [-0.1, -0.05) is 11.6 Å². The minimum Gasteiger partial charge on any atom is -0.309 e. The van der Waals surface area contributed by atoms with Crippen LogP contribution in [0.25, 0.3) is 0 Å². The van der Waals surface area contributed by atoms with Gasteiger partial charge in [-0.25, -0.2) is 0 Å². The van der Waals surface area contributed by atoms with E-state index in [1.165, 1.54) is 14.6 Å². The third kappa shape index (κ3) is 3.81. The third-order valence-corrected chi connectivity index (χ3v) is 5.11. The van der Waals surface area contributed by atoms with Crippen molar-refractivity contribution in [3.05, 3.63) is 43.2 Å². The standard InChI is InChI=1S/C13H16ClNS2/c1-9-3-5-12(16-9)10(2)15-8-7-11-4-6-13(14)17-11/h3-6,10,15H,7-8H2,1-2H3. The molecule has 0 radical (unpaired) electrons. The first kappa shape index (κ1) is 13.1. The number of aryl methyl sites for hydroxylation is 1. The minimum absolute atomic E-state index is 0.434. The Hall–Kier alpha value is -0.350. The molecule has 0 aliphatic carbocycles. The highest BCUT2D eigenvalue weighted by atomic mass is 35.5. The minimum atomic E-state index is 0.434. The maximum Gasteiger partial charge on any atom is 0.0931 e. The highest BCUT2D eigenvalue weighted by Crippen LogP contribution is 2.23. The van der Waals surface area contributed by atoms with Crippen molar-refractivity contribution in [2.75, 3.05) is 6.54 Å². The van der Waals surface area contributed by atoms with Gasteiger partial charge in [-0.3, -0.25) is 0 Å². The Kier molecular flexibility index (Phi) is 4.62. The average molecular weight is 286 g/mol. The highest BCUT2D eigenvalue weighted by Gasteiger charge is 2.06. The summed E-state index contributed by atoms with van der Waals surface area (Å²) in [4.78, 5) is 4.13.